The molecule has 0 spiro atoms. The van der Waals surface area contributed by atoms with Crippen LogP contribution in [0.2, 0.25) is 0 Å². The van der Waals surface area contributed by atoms with Crippen molar-refractivity contribution in [3.8, 4) is 11.5 Å². The van der Waals surface area contributed by atoms with Crippen LogP contribution in [0.3, 0.4) is 0 Å². The predicted octanol–water partition coefficient (Wildman–Crippen LogP) is 6.10. The second kappa shape index (κ2) is 9.62. The van der Waals surface area contributed by atoms with Crippen LogP contribution in [-0.4, -0.2) is 29.6 Å². The molecule has 0 bridgehead atoms. The van der Waals surface area contributed by atoms with Gasteiger partial charge in [-0.1, -0.05) is 29.8 Å². The third-order valence-corrected chi connectivity index (χ3v) is 6.96. The lowest BCUT2D eigenvalue weighted by Crippen LogP contribution is -2.23. The molecule has 1 aromatic heterocycles. The first-order valence-electron chi connectivity index (χ1n) is 9.23. The molecular weight excluding hydrogens is 582 g/mol. The van der Waals surface area contributed by atoms with Gasteiger partial charge >= 0.3 is 0 Å². The number of methoxy groups -OCH3 is 1. The number of hydrogen-bond acceptors (Lipinski definition) is 5. The second-order valence-electron chi connectivity index (χ2n) is 6.71. The van der Waals surface area contributed by atoms with Gasteiger partial charge in [0, 0.05) is 20.4 Å². The molecule has 0 atom stereocenters. The van der Waals surface area contributed by atoms with Crippen molar-refractivity contribution in [3.63, 3.8) is 0 Å². The van der Waals surface area contributed by atoms with E-state index in [0.29, 0.717) is 39.3 Å². The lowest BCUT2D eigenvalue weighted by molar-refractivity contribution is 0.309. The maximum Gasteiger partial charge on any atom is 0.282 e. The lowest BCUT2D eigenvalue weighted by Gasteiger charge is -2.14. The van der Waals surface area contributed by atoms with E-state index < -0.39 is 0 Å². The molecule has 3 aromatic rings. The van der Waals surface area contributed by atoms with Crippen molar-refractivity contribution in [2.24, 2.45) is 5.10 Å². The molecule has 0 aliphatic rings. The van der Waals surface area contributed by atoms with E-state index in [0.717, 1.165) is 14.5 Å². The number of benzene rings is 2. The Hall–Kier alpha value is -1.71. The minimum atomic E-state index is -0.227. The molecule has 0 radical (unpaired) electrons. The van der Waals surface area contributed by atoms with Gasteiger partial charge in [0.25, 0.3) is 5.56 Å². The van der Waals surface area contributed by atoms with Crippen molar-refractivity contribution in [1.82, 2.24) is 9.66 Å². The van der Waals surface area contributed by atoms with Gasteiger partial charge in [-0.05, 0) is 63.0 Å². The molecule has 0 saturated carbocycles. The second-order valence-corrected chi connectivity index (χ2v) is 9.21. The topological polar surface area (TPSA) is 65.7 Å². The van der Waals surface area contributed by atoms with E-state index in [4.69, 9.17) is 9.47 Å². The Bertz CT molecular complexity index is 1190. The van der Waals surface area contributed by atoms with Gasteiger partial charge in [-0.2, -0.15) is 9.78 Å². The molecule has 0 aliphatic heterocycles. The van der Waals surface area contributed by atoms with Crippen molar-refractivity contribution in [2.75, 3.05) is 13.7 Å². The Morgan fingerprint density at radius 2 is 1.93 bits per heavy atom. The molecule has 0 fully saturated rings. The quantitative estimate of drug-likeness (QED) is 0.321. The van der Waals surface area contributed by atoms with Crippen LogP contribution in [0, 0.1) is 0 Å². The molecular formula is C21H20Br3N3O3. The lowest BCUT2D eigenvalue weighted by atomic mass is 10.2. The van der Waals surface area contributed by atoms with E-state index in [2.05, 4.69) is 57.9 Å². The van der Waals surface area contributed by atoms with Crippen LogP contribution in [-0.2, 0) is 0 Å². The maximum absolute atomic E-state index is 13.2. The van der Waals surface area contributed by atoms with E-state index in [-0.39, 0.29) is 11.5 Å². The number of halogens is 3. The summed E-state index contributed by atoms with van der Waals surface area (Å²) in [6.07, 6.45) is 1.61. The summed E-state index contributed by atoms with van der Waals surface area (Å²) < 4.78 is 14.7. The van der Waals surface area contributed by atoms with Crippen molar-refractivity contribution in [2.45, 2.75) is 26.7 Å². The highest BCUT2D eigenvalue weighted by atomic mass is 79.9. The van der Waals surface area contributed by atoms with Crippen molar-refractivity contribution < 1.29 is 9.47 Å². The first-order valence-corrected chi connectivity index (χ1v) is 11.6. The summed E-state index contributed by atoms with van der Waals surface area (Å²) in [4.78, 5) is 17.8. The zero-order valence-electron chi connectivity index (χ0n) is 16.9. The Morgan fingerprint density at radius 3 is 2.57 bits per heavy atom. The third kappa shape index (κ3) is 4.48. The van der Waals surface area contributed by atoms with Crippen LogP contribution in [0.5, 0.6) is 11.5 Å². The molecule has 1 heterocycles. The molecule has 2 aromatic carbocycles. The maximum atomic E-state index is 13.2. The van der Waals surface area contributed by atoms with E-state index in [1.807, 2.05) is 39.0 Å². The third-order valence-electron chi connectivity index (χ3n) is 4.32. The van der Waals surface area contributed by atoms with Gasteiger partial charge in [-0.15, -0.1) is 0 Å². The van der Waals surface area contributed by atoms with Gasteiger partial charge in [0.05, 0.1) is 35.3 Å². The molecule has 0 amide bonds. The summed E-state index contributed by atoms with van der Waals surface area (Å²) in [6.45, 7) is 6.34. The largest absolute Gasteiger partial charge is 0.492 e. The van der Waals surface area contributed by atoms with Crippen LogP contribution in [0.25, 0.3) is 10.9 Å². The minimum absolute atomic E-state index is 0.00734. The summed E-state index contributed by atoms with van der Waals surface area (Å²) in [5, 5.41) is 4.99. The molecule has 0 aliphatic carbocycles. The molecule has 158 valence electrons. The van der Waals surface area contributed by atoms with Crippen LogP contribution >= 0.6 is 47.8 Å². The number of fused-ring (bicyclic) bond motifs is 1. The number of ether oxygens (including phenoxy) is 2. The summed E-state index contributed by atoms with van der Waals surface area (Å²) in [7, 11) is 1.58. The molecule has 0 saturated heterocycles. The zero-order chi connectivity index (χ0) is 22.0. The highest BCUT2D eigenvalue weighted by Crippen LogP contribution is 2.42. The molecule has 9 heteroatoms. The van der Waals surface area contributed by atoms with Crippen LogP contribution in [0.15, 0.2) is 47.6 Å². The smallest absolute Gasteiger partial charge is 0.282 e. The summed E-state index contributed by atoms with van der Waals surface area (Å²) >= 11 is 10.5. The predicted molar refractivity (Wildman–Crippen MR) is 130 cm³/mol. The van der Waals surface area contributed by atoms with E-state index in [1.54, 1.807) is 19.4 Å². The summed E-state index contributed by atoms with van der Waals surface area (Å²) in [5.74, 6) is 1.75. The molecule has 3 rings (SSSR count). The Kier molecular flexibility index (Phi) is 7.36. The van der Waals surface area contributed by atoms with Gasteiger partial charge in [0.1, 0.15) is 5.82 Å². The van der Waals surface area contributed by atoms with Gasteiger partial charge in [0.15, 0.2) is 11.5 Å². The molecule has 0 unspecified atom stereocenters. The number of nitrogens with zero attached hydrogens (tertiary/aromatic N) is 3. The minimum Gasteiger partial charge on any atom is -0.492 e. The number of aromatic nitrogens is 2. The fraction of sp³-hybridized carbons (Fsp3) is 0.286. The summed E-state index contributed by atoms with van der Waals surface area (Å²) in [5.41, 5.74) is 1.14. The molecule has 30 heavy (non-hydrogen) atoms. The van der Waals surface area contributed by atoms with Crippen LogP contribution < -0.4 is 15.0 Å². The fourth-order valence-electron chi connectivity index (χ4n) is 2.92. The van der Waals surface area contributed by atoms with Crippen LogP contribution in [0.4, 0.5) is 0 Å². The number of rotatable bonds is 6. The fourth-order valence-corrected chi connectivity index (χ4v) is 4.27. The van der Waals surface area contributed by atoms with E-state index >= 15 is 0 Å². The SMILES string of the molecule is CCOc1cc(C=Nn2c(C(C)C)nc3ccc(Br)cc3c2=O)c(Br)c(Br)c1OC. The standard InChI is InChI=1S/C21H20Br3N3O3/c1-5-30-16-8-12(17(23)18(24)19(16)29-4)10-25-27-20(11(2)3)26-15-7-6-13(22)9-14(15)21(27)28/h6-11H,5H2,1-4H3. The Morgan fingerprint density at radius 1 is 1.20 bits per heavy atom. The van der Waals surface area contributed by atoms with Crippen molar-refractivity contribution >= 4 is 64.9 Å². The zero-order valence-corrected chi connectivity index (χ0v) is 21.6. The summed E-state index contributed by atoms with van der Waals surface area (Å²) in [6, 6.07) is 7.26. The molecule has 0 N–H and O–H groups in total. The van der Waals surface area contributed by atoms with Gasteiger partial charge in [-0.25, -0.2) is 4.98 Å². The molecule has 6 nitrogen and oxygen atoms in total. The first kappa shape index (κ1) is 23.0. The monoisotopic (exact) mass is 599 g/mol. The Labute approximate surface area is 199 Å². The van der Waals surface area contributed by atoms with Gasteiger partial charge < -0.3 is 9.47 Å². The van der Waals surface area contributed by atoms with Crippen molar-refractivity contribution in [3.05, 3.63) is 59.4 Å². The van der Waals surface area contributed by atoms with E-state index in [1.165, 1.54) is 4.68 Å². The van der Waals surface area contributed by atoms with Gasteiger partial charge in [0.2, 0.25) is 0 Å². The van der Waals surface area contributed by atoms with Crippen molar-refractivity contribution in [1.29, 1.82) is 0 Å². The normalized spacial score (nSPS) is 11.6. The average molecular weight is 602 g/mol. The van der Waals surface area contributed by atoms with Crippen LogP contribution in [0.1, 0.15) is 38.1 Å². The first-order chi connectivity index (χ1) is 14.3. The van der Waals surface area contributed by atoms with E-state index in [9.17, 15) is 4.79 Å². The Balaban J connectivity index is 2.20. The number of hydrogen-bond donors (Lipinski definition) is 0. The average Bonchev–Trinajstić information content (AvgIpc) is 2.71. The van der Waals surface area contributed by atoms with Gasteiger partial charge in [-0.3, -0.25) is 4.79 Å². The highest BCUT2D eigenvalue weighted by molar-refractivity contribution is 9.13. The highest BCUT2D eigenvalue weighted by Gasteiger charge is 2.17.